The van der Waals surface area contributed by atoms with Crippen LogP contribution in [-0.4, -0.2) is 9.36 Å². The topological polar surface area (TPSA) is 25.8 Å². The summed E-state index contributed by atoms with van der Waals surface area (Å²) in [6.07, 6.45) is 0. The smallest absolute Gasteiger partial charge is 0.207 e. The number of aromatic nitrogens is 2. The summed E-state index contributed by atoms with van der Waals surface area (Å²) < 4.78 is 30.1. The number of aryl methyl sites for hydroxylation is 1. The van der Waals surface area contributed by atoms with Crippen molar-refractivity contribution in [3.63, 3.8) is 0 Å². The van der Waals surface area contributed by atoms with E-state index < -0.39 is 11.6 Å². The van der Waals surface area contributed by atoms with E-state index in [4.69, 9.17) is 11.6 Å². The van der Waals surface area contributed by atoms with Crippen LogP contribution in [0.4, 0.5) is 8.78 Å². The van der Waals surface area contributed by atoms with E-state index in [2.05, 4.69) is 9.36 Å². The lowest BCUT2D eigenvalue weighted by Gasteiger charge is -2.01. The van der Waals surface area contributed by atoms with E-state index in [-0.39, 0.29) is 10.8 Å². The summed E-state index contributed by atoms with van der Waals surface area (Å²) in [5.41, 5.74) is 0.580. The van der Waals surface area contributed by atoms with Gasteiger partial charge in [0, 0.05) is 11.6 Å². The zero-order chi connectivity index (χ0) is 11.0. The molecule has 2 aromatic rings. The highest BCUT2D eigenvalue weighted by Gasteiger charge is 2.12. The molecule has 0 unspecified atom stereocenters. The molecule has 0 atom stereocenters. The molecule has 2 nitrogen and oxygen atoms in total. The van der Waals surface area contributed by atoms with Gasteiger partial charge in [0.15, 0.2) is 0 Å². The van der Waals surface area contributed by atoms with Crippen LogP contribution >= 0.6 is 23.1 Å². The van der Waals surface area contributed by atoms with Gasteiger partial charge in [-0.1, -0.05) is 0 Å². The fourth-order valence-corrected chi connectivity index (χ4v) is 1.96. The van der Waals surface area contributed by atoms with E-state index in [1.807, 2.05) is 0 Å². The Morgan fingerprint density at radius 1 is 1.27 bits per heavy atom. The van der Waals surface area contributed by atoms with Gasteiger partial charge in [-0.15, -0.1) is 0 Å². The second-order valence-corrected chi connectivity index (χ2v) is 4.04. The highest BCUT2D eigenvalue weighted by Crippen LogP contribution is 2.27. The molecule has 0 saturated carbocycles. The lowest BCUT2D eigenvalue weighted by Crippen LogP contribution is -1.89. The van der Waals surface area contributed by atoms with Crippen molar-refractivity contribution in [2.24, 2.45) is 0 Å². The van der Waals surface area contributed by atoms with Crippen molar-refractivity contribution in [2.45, 2.75) is 6.92 Å². The maximum absolute atomic E-state index is 13.4. The first kappa shape index (κ1) is 10.4. The van der Waals surface area contributed by atoms with Crippen LogP contribution in [0.2, 0.25) is 5.28 Å². The quantitative estimate of drug-likeness (QED) is 0.770. The Bertz CT molecular complexity index is 513. The van der Waals surface area contributed by atoms with Crippen LogP contribution in [0, 0.1) is 18.6 Å². The molecule has 0 aliphatic carbocycles. The van der Waals surface area contributed by atoms with Gasteiger partial charge in [-0.25, -0.2) is 13.8 Å². The SMILES string of the molecule is Cc1cc(-c2nc(Cl)ns2)c(F)cc1F. The summed E-state index contributed by atoms with van der Waals surface area (Å²) in [4.78, 5) is 3.82. The van der Waals surface area contributed by atoms with Gasteiger partial charge in [-0.05, 0) is 41.7 Å². The van der Waals surface area contributed by atoms with E-state index in [9.17, 15) is 8.78 Å². The summed E-state index contributed by atoms with van der Waals surface area (Å²) >= 11 is 6.50. The number of rotatable bonds is 1. The molecule has 0 fully saturated rings. The Hall–Kier alpha value is -1.07. The Morgan fingerprint density at radius 2 is 2.00 bits per heavy atom. The minimum Gasteiger partial charge on any atom is -0.207 e. The highest BCUT2D eigenvalue weighted by atomic mass is 35.5. The average molecular weight is 247 g/mol. The van der Waals surface area contributed by atoms with Gasteiger partial charge in [0.05, 0.1) is 0 Å². The number of hydrogen-bond acceptors (Lipinski definition) is 3. The van der Waals surface area contributed by atoms with E-state index in [1.165, 1.54) is 6.07 Å². The fourth-order valence-electron chi connectivity index (χ4n) is 1.14. The largest absolute Gasteiger partial charge is 0.234 e. The molecule has 15 heavy (non-hydrogen) atoms. The van der Waals surface area contributed by atoms with Crippen LogP contribution in [-0.2, 0) is 0 Å². The molecule has 1 aromatic carbocycles. The van der Waals surface area contributed by atoms with E-state index in [1.54, 1.807) is 6.92 Å². The number of nitrogens with zero attached hydrogens (tertiary/aromatic N) is 2. The average Bonchev–Trinajstić information content (AvgIpc) is 2.58. The van der Waals surface area contributed by atoms with Crippen LogP contribution in [0.15, 0.2) is 12.1 Å². The normalized spacial score (nSPS) is 10.7. The molecule has 0 radical (unpaired) electrons. The number of hydrogen-bond donors (Lipinski definition) is 0. The van der Waals surface area contributed by atoms with Gasteiger partial charge < -0.3 is 0 Å². The summed E-state index contributed by atoms with van der Waals surface area (Å²) in [6.45, 7) is 1.56. The Kier molecular flexibility index (Phi) is 2.67. The third-order valence-electron chi connectivity index (χ3n) is 1.88. The Morgan fingerprint density at radius 3 is 2.60 bits per heavy atom. The molecule has 0 spiro atoms. The second kappa shape index (κ2) is 3.83. The molecule has 1 aromatic heterocycles. The maximum Gasteiger partial charge on any atom is 0.234 e. The summed E-state index contributed by atoms with van der Waals surface area (Å²) in [7, 11) is 0. The van der Waals surface area contributed by atoms with Gasteiger partial charge in [0.2, 0.25) is 5.28 Å². The van der Waals surface area contributed by atoms with E-state index in [0.717, 1.165) is 17.6 Å². The Balaban J connectivity index is 2.58. The van der Waals surface area contributed by atoms with Crippen LogP contribution in [0.25, 0.3) is 10.6 Å². The molecule has 0 saturated heterocycles. The standard InChI is InChI=1S/C9H5ClF2N2S/c1-4-2-5(7(12)3-6(4)11)8-13-9(10)14-15-8/h2-3H,1H3. The van der Waals surface area contributed by atoms with Gasteiger partial charge in [0.1, 0.15) is 16.6 Å². The molecule has 0 amide bonds. The molecule has 0 aliphatic heterocycles. The van der Waals surface area contributed by atoms with Crippen LogP contribution in [0.3, 0.4) is 0 Å². The van der Waals surface area contributed by atoms with Crippen molar-refractivity contribution in [1.29, 1.82) is 0 Å². The maximum atomic E-state index is 13.4. The molecule has 0 aliphatic rings. The number of halogens is 3. The second-order valence-electron chi connectivity index (χ2n) is 2.95. The minimum atomic E-state index is -0.661. The first-order valence-corrected chi connectivity index (χ1v) is 5.18. The monoisotopic (exact) mass is 246 g/mol. The molecular formula is C9H5ClF2N2S. The van der Waals surface area contributed by atoms with Crippen molar-refractivity contribution in [1.82, 2.24) is 9.36 Å². The lowest BCUT2D eigenvalue weighted by molar-refractivity contribution is 0.579. The first-order valence-electron chi connectivity index (χ1n) is 4.03. The first-order chi connectivity index (χ1) is 7.08. The summed E-state index contributed by atoms with van der Waals surface area (Å²) in [6, 6.07) is 2.22. The molecule has 0 N–H and O–H groups in total. The molecule has 78 valence electrons. The molecule has 1 heterocycles. The summed E-state index contributed by atoms with van der Waals surface area (Å²) in [5, 5.41) is 0.414. The fraction of sp³-hybridized carbons (Fsp3) is 0.111. The lowest BCUT2D eigenvalue weighted by atomic mass is 10.1. The van der Waals surface area contributed by atoms with Crippen LogP contribution in [0.1, 0.15) is 5.56 Å². The Labute approximate surface area is 93.7 Å². The van der Waals surface area contributed by atoms with Crippen molar-refractivity contribution >= 4 is 23.1 Å². The minimum absolute atomic E-state index is 0.0661. The van der Waals surface area contributed by atoms with Gasteiger partial charge in [-0.2, -0.15) is 4.37 Å². The van der Waals surface area contributed by atoms with Crippen LogP contribution < -0.4 is 0 Å². The van der Waals surface area contributed by atoms with Crippen molar-refractivity contribution in [2.75, 3.05) is 0 Å². The third-order valence-corrected chi connectivity index (χ3v) is 2.90. The van der Waals surface area contributed by atoms with Crippen LogP contribution in [0.5, 0.6) is 0 Å². The van der Waals surface area contributed by atoms with Crippen molar-refractivity contribution in [3.8, 4) is 10.6 Å². The summed E-state index contributed by atoms with van der Waals surface area (Å²) in [5.74, 6) is -1.24. The van der Waals surface area contributed by atoms with Gasteiger partial charge >= 0.3 is 0 Å². The van der Waals surface area contributed by atoms with Gasteiger partial charge in [0.25, 0.3) is 0 Å². The predicted octanol–water partition coefficient (Wildman–Crippen LogP) is 3.45. The predicted molar refractivity (Wildman–Crippen MR) is 55.0 cm³/mol. The molecule has 6 heteroatoms. The van der Waals surface area contributed by atoms with E-state index in [0.29, 0.717) is 10.6 Å². The number of benzene rings is 1. The molecule has 0 bridgehead atoms. The molecule has 2 rings (SSSR count). The molecular weight excluding hydrogens is 242 g/mol. The third kappa shape index (κ3) is 1.98. The van der Waals surface area contributed by atoms with Gasteiger partial charge in [-0.3, -0.25) is 0 Å². The van der Waals surface area contributed by atoms with E-state index >= 15 is 0 Å². The van der Waals surface area contributed by atoms with Crippen molar-refractivity contribution < 1.29 is 8.78 Å². The highest BCUT2D eigenvalue weighted by molar-refractivity contribution is 7.09. The van der Waals surface area contributed by atoms with Crippen molar-refractivity contribution in [3.05, 3.63) is 34.6 Å². The zero-order valence-corrected chi connectivity index (χ0v) is 9.16. The zero-order valence-electron chi connectivity index (χ0n) is 7.59.